The molecule has 2 bridgehead atoms. The van der Waals surface area contributed by atoms with Gasteiger partial charge in [-0.2, -0.15) is 5.26 Å². The number of aliphatic hydroxyl groups excluding tert-OH is 1. The van der Waals surface area contributed by atoms with Crippen LogP contribution < -0.4 is 0 Å². The van der Waals surface area contributed by atoms with Gasteiger partial charge >= 0.3 is 12.1 Å². The Kier molecular flexibility index (Phi) is 6.46. The van der Waals surface area contributed by atoms with Crippen LogP contribution in [-0.4, -0.2) is 53.1 Å². The molecular weight excluding hydrogens is 536 g/mol. The molecule has 0 aromatic heterocycles. The third kappa shape index (κ3) is 3.66. The Bertz CT molecular complexity index is 1290. The summed E-state index contributed by atoms with van der Waals surface area (Å²) in [4.78, 5) is 39.3. The van der Waals surface area contributed by atoms with Crippen LogP contribution in [0.25, 0.3) is 0 Å². The fourth-order valence-corrected chi connectivity index (χ4v) is 10.0. The van der Waals surface area contributed by atoms with Gasteiger partial charge in [0.1, 0.15) is 18.0 Å². The molecular formula is C31H37F2NO7. The molecule has 8 nitrogen and oxygen atoms in total. The van der Waals surface area contributed by atoms with Gasteiger partial charge in [-0.05, 0) is 74.9 Å². The van der Waals surface area contributed by atoms with Gasteiger partial charge in [-0.3, -0.25) is 4.79 Å². The maximum absolute atomic E-state index is 17.5. The number of alkyl halides is 1. The van der Waals surface area contributed by atoms with E-state index in [2.05, 4.69) is 0 Å². The molecule has 0 heterocycles. The Balaban J connectivity index is 1.39. The lowest BCUT2D eigenvalue weighted by molar-refractivity contribution is -0.229. The summed E-state index contributed by atoms with van der Waals surface area (Å²) in [6, 6.07) is 1.76. The third-order valence-electron chi connectivity index (χ3n) is 11.9. The number of carbonyl (C=O) groups excluding carboxylic acids is 3. The number of hydrogen-bond acceptors (Lipinski definition) is 8. The van der Waals surface area contributed by atoms with E-state index in [9.17, 15) is 19.5 Å². The average molecular weight is 574 g/mol. The SMILES string of the molecule is C[C@@H]1C[C@H]2[C@@H]3CC(F)=C4CC(=O)C=C[C@]4(C)[C@@]3(F)[C@@H](O)C[C@]2(C)[C@@]1(OC(=O)O[C@@H]1C[C@@H]2CC[C@H]1C2)C(=O)OCC#N. The van der Waals surface area contributed by atoms with E-state index in [-0.39, 0.29) is 49.1 Å². The summed E-state index contributed by atoms with van der Waals surface area (Å²) in [5.41, 5.74) is -7.22. The van der Waals surface area contributed by atoms with Crippen LogP contribution in [0.5, 0.6) is 0 Å². The maximum atomic E-state index is 17.5. The van der Waals surface area contributed by atoms with Crippen molar-refractivity contribution in [1.82, 2.24) is 0 Å². The topological polar surface area (TPSA) is 123 Å². The van der Waals surface area contributed by atoms with Crippen LogP contribution in [0.4, 0.5) is 13.6 Å². The van der Waals surface area contributed by atoms with Crippen LogP contribution in [-0.2, 0) is 23.8 Å². The van der Waals surface area contributed by atoms with Gasteiger partial charge in [0.2, 0.25) is 5.60 Å². The Hall–Kier alpha value is -2.80. The molecule has 0 amide bonds. The normalized spacial score (nSPS) is 47.7. The molecule has 6 rings (SSSR count). The van der Waals surface area contributed by atoms with Crippen molar-refractivity contribution < 1.29 is 42.5 Å². The number of ketones is 1. The predicted octanol–water partition coefficient (Wildman–Crippen LogP) is 5.05. The standard InChI is InChI=1S/C31H37F2NO7/c1-16-10-20-21-14-23(32)22-13-19(35)6-7-28(22,2)30(21,33)25(36)15-29(20,3)31(16,26(37)39-9-8-34)41-27(38)40-24-12-17-4-5-18(24)11-17/h6-7,16-18,20-21,24-25,36H,4-5,9-15H2,1-3H3/t16-,17-,18+,20+,21+,24-,25+,28+,29+,30+,31+/m1/s1. The second-order valence-corrected chi connectivity index (χ2v) is 13.7. The van der Waals surface area contributed by atoms with E-state index in [4.69, 9.17) is 19.5 Å². The Morgan fingerprint density at radius 2 is 1.95 bits per heavy atom. The summed E-state index contributed by atoms with van der Waals surface area (Å²) in [6.45, 7) is 4.27. The maximum Gasteiger partial charge on any atom is 0.509 e. The van der Waals surface area contributed by atoms with Crippen molar-refractivity contribution in [2.45, 2.75) is 95.6 Å². The lowest BCUT2D eigenvalue weighted by Gasteiger charge is -2.62. The monoisotopic (exact) mass is 573 g/mol. The highest BCUT2D eigenvalue weighted by Gasteiger charge is 2.78. The number of rotatable bonds is 4. The molecule has 0 unspecified atom stereocenters. The van der Waals surface area contributed by atoms with Gasteiger partial charge in [-0.1, -0.05) is 19.9 Å². The molecule has 0 aromatic rings. The number of ether oxygens (including phenoxy) is 3. The molecule has 11 atom stereocenters. The number of allylic oxidation sites excluding steroid dienone is 4. The number of fused-ring (bicyclic) bond motifs is 7. The van der Waals surface area contributed by atoms with Gasteiger partial charge in [-0.15, -0.1) is 0 Å². The number of halogens is 2. The third-order valence-corrected chi connectivity index (χ3v) is 11.9. The van der Waals surface area contributed by atoms with E-state index in [1.807, 2.05) is 0 Å². The fraction of sp³-hybridized carbons (Fsp3) is 0.742. The van der Waals surface area contributed by atoms with Crippen LogP contribution in [0.3, 0.4) is 0 Å². The quantitative estimate of drug-likeness (QED) is 0.464. The van der Waals surface area contributed by atoms with Crippen LogP contribution in [0.15, 0.2) is 23.6 Å². The van der Waals surface area contributed by atoms with Gasteiger partial charge in [0.05, 0.1) is 6.10 Å². The average Bonchev–Trinajstić information content (AvgIpc) is 3.59. The van der Waals surface area contributed by atoms with Gasteiger partial charge in [-0.25, -0.2) is 18.4 Å². The van der Waals surface area contributed by atoms with E-state index in [0.29, 0.717) is 5.92 Å². The highest BCUT2D eigenvalue weighted by molar-refractivity contribution is 5.93. The number of esters is 1. The predicted molar refractivity (Wildman–Crippen MR) is 139 cm³/mol. The first-order valence-corrected chi connectivity index (χ1v) is 14.7. The van der Waals surface area contributed by atoms with Crippen LogP contribution in [0.2, 0.25) is 0 Å². The summed E-state index contributed by atoms with van der Waals surface area (Å²) in [7, 11) is 0. The number of nitriles is 1. The summed E-state index contributed by atoms with van der Waals surface area (Å²) in [6.07, 6.45) is 2.63. The molecule has 0 radical (unpaired) electrons. The molecule has 1 N–H and O–H groups in total. The zero-order chi connectivity index (χ0) is 29.5. The van der Waals surface area contributed by atoms with Crippen molar-refractivity contribution in [2.75, 3.05) is 6.61 Å². The van der Waals surface area contributed by atoms with Crippen molar-refractivity contribution in [3.63, 3.8) is 0 Å². The van der Waals surface area contributed by atoms with Gasteiger partial charge in [0.15, 0.2) is 18.1 Å². The molecule has 41 heavy (non-hydrogen) atoms. The van der Waals surface area contributed by atoms with Crippen molar-refractivity contribution in [3.8, 4) is 6.07 Å². The van der Waals surface area contributed by atoms with Gasteiger partial charge < -0.3 is 19.3 Å². The second kappa shape index (κ2) is 9.35. The van der Waals surface area contributed by atoms with Gasteiger partial charge in [0.25, 0.3) is 0 Å². The molecule has 222 valence electrons. The van der Waals surface area contributed by atoms with Crippen molar-refractivity contribution >= 4 is 17.9 Å². The number of nitrogens with zero attached hydrogens (tertiary/aromatic N) is 1. The lowest BCUT2D eigenvalue weighted by atomic mass is 9.45. The summed E-state index contributed by atoms with van der Waals surface area (Å²) in [5, 5.41) is 20.8. The van der Waals surface area contributed by atoms with E-state index >= 15 is 8.78 Å². The summed E-state index contributed by atoms with van der Waals surface area (Å²) in [5.74, 6) is -3.64. The zero-order valence-electron chi connectivity index (χ0n) is 23.7. The van der Waals surface area contributed by atoms with E-state index < -0.39 is 70.5 Å². The molecule has 6 aliphatic rings. The van der Waals surface area contributed by atoms with Crippen LogP contribution in [0, 0.1) is 51.8 Å². The molecule has 4 saturated carbocycles. The van der Waals surface area contributed by atoms with E-state index in [1.165, 1.54) is 19.1 Å². The minimum absolute atomic E-state index is 0.0443. The molecule has 0 aliphatic heterocycles. The fourth-order valence-electron chi connectivity index (χ4n) is 10.0. The first-order valence-electron chi connectivity index (χ1n) is 14.7. The Morgan fingerprint density at radius 3 is 2.61 bits per heavy atom. The Morgan fingerprint density at radius 1 is 1.20 bits per heavy atom. The van der Waals surface area contributed by atoms with Gasteiger partial charge in [0, 0.05) is 35.5 Å². The van der Waals surface area contributed by atoms with Crippen LogP contribution >= 0.6 is 0 Å². The second-order valence-electron chi connectivity index (χ2n) is 13.7. The van der Waals surface area contributed by atoms with Crippen molar-refractivity contribution in [3.05, 3.63) is 23.6 Å². The van der Waals surface area contributed by atoms with E-state index in [1.54, 1.807) is 19.9 Å². The lowest BCUT2D eigenvalue weighted by Crippen LogP contribution is -2.70. The largest absolute Gasteiger partial charge is 0.509 e. The minimum Gasteiger partial charge on any atom is -0.447 e. The number of hydrogen-bond donors (Lipinski definition) is 1. The van der Waals surface area contributed by atoms with Crippen LogP contribution in [0.1, 0.15) is 72.1 Å². The molecule has 4 fully saturated rings. The number of aliphatic hydroxyl groups is 1. The first kappa shape index (κ1) is 28.3. The highest BCUT2D eigenvalue weighted by Crippen LogP contribution is 2.71. The molecule has 10 heteroatoms. The number of carbonyl (C=O) groups is 3. The van der Waals surface area contributed by atoms with Crippen molar-refractivity contribution in [2.24, 2.45) is 40.4 Å². The zero-order valence-corrected chi connectivity index (χ0v) is 23.7. The first-order chi connectivity index (χ1) is 19.3. The molecule has 6 aliphatic carbocycles. The molecule has 0 spiro atoms. The Labute approximate surface area is 238 Å². The summed E-state index contributed by atoms with van der Waals surface area (Å²) < 4.78 is 50.3. The minimum atomic E-state index is -2.34. The van der Waals surface area contributed by atoms with E-state index in [0.717, 1.165) is 25.7 Å². The van der Waals surface area contributed by atoms with Crippen molar-refractivity contribution in [1.29, 1.82) is 5.26 Å². The molecule has 0 aromatic carbocycles. The molecule has 0 saturated heterocycles. The summed E-state index contributed by atoms with van der Waals surface area (Å²) >= 11 is 0. The highest BCUT2D eigenvalue weighted by atomic mass is 19.1. The smallest absolute Gasteiger partial charge is 0.447 e.